The van der Waals surface area contributed by atoms with E-state index in [9.17, 15) is 13.2 Å². The van der Waals surface area contributed by atoms with Crippen molar-refractivity contribution < 1.29 is 18.3 Å². The van der Waals surface area contributed by atoms with Crippen molar-refractivity contribution in [3.63, 3.8) is 0 Å². The minimum atomic E-state index is -3.56. The number of nitrogens with one attached hydrogen (secondary N) is 1. The number of carboxylic acids is 1. The summed E-state index contributed by atoms with van der Waals surface area (Å²) >= 11 is 0. The predicted octanol–water partition coefficient (Wildman–Crippen LogP) is 2.56. The van der Waals surface area contributed by atoms with Gasteiger partial charge in [0, 0.05) is 12.6 Å². The molecule has 0 aliphatic heterocycles. The molecule has 5 nitrogen and oxygen atoms in total. The van der Waals surface area contributed by atoms with Crippen molar-refractivity contribution in [3.05, 3.63) is 35.4 Å². The number of aryl methyl sites for hydroxylation is 1. The Bertz CT molecular complexity index is 621. The summed E-state index contributed by atoms with van der Waals surface area (Å²) in [7, 11) is -3.56. The third kappa shape index (κ3) is 5.69. The molecule has 6 heteroatoms. The Kier molecular flexibility index (Phi) is 6.58. The molecular weight excluding hydrogens is 290 g/mol. The molecule has 0 unspecified atom stereocenters. The summed E-state index contributed by atoms with van der Waals surface area (Å²) in [4.78, 5) is 10.7. The van der Waals surface area contributed by atoms with Crippen LogP contribution in [0.25, 0.3) is 6.08 Å². The average molecular weight is 311 g/mol. The molecular formula is C15H21NO4S. The average Bonchev–Trinajstić information content (AvgIpc) is 2.42. The Hall–Kier alpha value is -1.66. The lowest BCUT2D eigenvalue weighted by Gasteiger charge is -2.10. The molecule has 116 valence electrons. The van der Waals surface area contributed by atoms with Crippen LogP contribution in [0.2, 0.25) is 0 Å². The molecule has 0 aromatic heterocycles. The van der Waals surface area contributed by atoms with E-state index >= 15 is 0 Å². The third-order valence-electron chi connectivity index (χ3n) is 2.99. The molecule has 0 amide bonds. The standard InChI is InChI=1S/C15H21NO4S/c1-3-4-5-10-16-21(19,20)14-11-13(7-6-12(14)2)8-9-15(17)18/h6-9,11,16H,3-5,10H2,1-2H3,(H,17,18). The van der Waals surface area contributed by atoms with Crippen LogP contribution < -0.4 is 4.72 Å². The molecule has 0 aliphatic rings. The number of hydrogen-bond donors (Lipinski definition) is 2. The Morgan fingerprint density at radius 1 is 1.33 bits per heavy atom. The fourth-order valence-corrected chi connectivity index (χ4v) is 3.19. The highest BCUT2D eigenvalue weighted by atomic mass is 32.2. The predicted molar refractivity (Wildman–Crippen MR) is 82.6 cm³/mol. The van der Waals surface area contributed by atoms with Crippen LogP contribution in [0.4, 0.5) is 0 Å². The van der Waals surface area contributed by atoms with Gasteiger partial charge in [0.2, 0.25) is 10.0 Å². The summed E-state index contributed by atoms with van der Waals surface area (Å²) in [5, 5.41) is 8.61. The van der Waals surface area contributed by atoms with Gasteiger partial charge in [-0.1, -0.05) is 31.9 Å². The lowest BCUT2D eigenvalue weighted by Crippen LogP contribution is -2.25. The molecule has 0 saturated carbocycles. The minimum absolute atomic E-state index is 0.187. The summed E-state index contributed by atoms with van der Waals surface area (Å²) in [5.41, 5.74) is 1.17. The van der Waals surface area contributed by atoms with E-state index in [-0.39, 0.29) is 4.90 Å². The molecule has 1 aromatic carbocycles. The van der Waals surface area contributed by atoms with Gasteiger partial charge in [-0.2, -0.15) is 0 Å². The summed E-state index contributed by atoms with van der Waals surface area (Å²) in [5.74, 6) is -1.07. The van der Waals surface area contributed by atoms with Gasteiger partial charge >= 0.3 is 5.97 Å². The van der Waals surface area contributed by atoms with Gasteiger partial charge in [0.25, 0.3) is 0 Å². The second kappa shape index (κ2) is 7.95. The molecule has 0 aliphatic carbocycles. The number of sulfonamides is 1. The van der Waals surface area contributed by atoms with E-state index in [1.54, 1.807) is 19.1 Å². The van der Waals surface area contributed by atoms with E-state index in [1.807, 2.05) is 0 Å². The van der Waals surface area contributed by atoms with Gasteiger partial charge in [-0.25, -0.2) is 17.9 Å². The molecule has 0 radical (unpaired) electrons. The number of benzene rings is 1. The Morgan fingerprint density at radius 3 is 2.67 bits per heavy atom. The van der Waals surface area contributed by atoms with Crippen LogP contribution in [-0.2, 0) is 14.8 Å². The molecule has 0 atom stereocenters. The molecule has 0 saturated heterocycles. The number of unbranched alkanes of at least 4 members (excludes halogenated alkanes) is 2. The number of rotatable bonds is 8. The zero-order chi connectivity index (χ0) is 15.9. The topological polar surface area (TPSA) is 83.5 Å². The van der Waals surface area contributed by atoms with Crippen molar-refractivity contribution >= 4 is 22.1 Å². The van der Waals surface area contributed by atoms with Gasteiger partial charge < -0.3 is 5.11 Å². The Morgan fingerprint density at radius 2 is 2.05 bits per heavy atom. The SMILES string of the molecule is CCCCCNS(=O)(=O)c1cc(C=CC(=O)O)ccc1C. The molecule has 0 heterocycles. The highest BCUT2D eigenvalue weighted by Crippen LogP contribution is 2.18. The molecule has 2 N–H and O–H groups in total. The van der Waals surface area contributed by atoms with Crippen LogP contribution in [0.3, 0.4) is 0 Å². The highest BCUT2D eigenvalue weighted by molar-refractivity contribution is 7.89. The first kappa shape index (κ1) is 17.4. The molecule has 0 bridgehead atoms. The van der Waals surface area contributed by atoms with Crippen LogP contribution >= 0.6 is 0 Å². The minimum Gasteiger partial charge on any atom is -0.478 e. The quantitative estimate of drug-likeness (QED) is 0.571. The van der Waals surface area contributed by atoms with Crippen LogP contribution in [-0.4, -0.2) is 26.0 Å². The van der Waals surface area contributed by atoms with Crippen molar-refractivity contribution in [2.45, 2.75) is 38.0 Å². The maximum absolute atomic E-state index is 12.3. The lowest BCUT2D eigenvalue weighted by molar-refractivity contribution is -0.131. The maximum atomic E-state index is 12.3. The maximum Gasteiger partial charge on any atom is 0.328 e. The van der Waals surface area contributed by atoms with Crippen molar-refractivity contribution in [2.24, 2.45) is 0 Å². The first-order valence-corrected chi connectivity index (χ1v) is 8.36. The van der Waals surface area contributed by atoms with Gasteiger partial charge in [0.15, 0.2) is 0 Å². The van der Waals surface area contributed by atoms with E-state index < -0.39 is 16.0 Å². The van der Waals surface area contributed by atoms with Crippen LogP contribution in [0.15, 0.2) is 29.2 Å². The Balaban J connectivity index is 2.94. The van der Waals surface area contributed by atoms with Gasteiger partial charge in [0.1, 0.15) is 0 Å². The first-order valence-electron chi connectivity index (χ1n) is 6.88. The monoisotopic (exact) mass is 311 g/mol. The largest absolute Gasteiger partial charge is 0.478 e. The molecule has 0 fully saturated rings. The van der Waals surface area contributed by atoms with Crippen molar-refractivity contribution in [3.8, 4) is 0 Å². The Labute approximate surface area is 125 Å². The van der Waals surface area contributed by atoms with Gasteiger partial charge in [-0.05, 0) is 36.6 Å². The summed E-state index contributed by atoms with van der Waals surface area (Å²) in [6.45, 7) is 4.17. The van der Waals surface area contributed by atoms with Crippen molar-refractivity contribution in [2.75, 3.05) is 6.54 Å². The number of hydrogen-bond acceptors (Lipinski definition) is 3. The molecule has 1 rings (SSSR count). The summed E-state index contributed by atoms with van der Waals surface area (Å²) in [6.07, 6.45) is 5.15. The van der Waals surface area contributed by atoms with Crippen LogP contribution in [0.1, 0.15) is 37.3 Å². The fourth-order valence-electron chi connectivity index (χ4n) is 1.84. The highest BCUT2D eigenvalue weighted by Gasteiger charge is 2.16. The lowest BCUT2D eigenvalue weighted by atomic mass is 10.1. The second-order valence-corrected chi connectivity index (χ2v) is 6.54. The van der Waals surface area contributed by atoms with E-state index in [0.29, 0.717) is 17.7 Å². The number of aliphatic carboxylic acids is 1. The molecule has 21 heavy (non-hydrogen) atoms. The van der Waals surface area contributed by atoms with E-state index in [2.05, 4.69) is 11.6 Å². The molecule has 1 aromatic rings. The normalized spacial score (nSPS) is 11.9. The van der Waals surface area contributed by atoms with Gasteiger partial charge in [-0.15, -0.1) is 0 Å². The van der Waals surface area contributed by atoms with Crippen molar-refractivity contribution in [1.82, 2.24) is 4.72 Å². The van der Waals surface area contributed by atoms with E-state index in [1.165, 1.54) is 12.1 Å². The van der Waals surface area contributed by atoms with E-state index in [0.717, 1.165) is 25.3 Å². The number of carbonyl (C=O) groups is 1. The zero-order valence-electron chi connectivity index (χ0n) is 12.3. The zero-order valence-corrected chi connectivity index (χ0v) is 13.1. The van der Waals surface area contributed by atoms with Gasteiger partial charge in [-0.3, -0.25) is 0 Å². The number of carboxylic acid groups (broad SMARTS) is 1. The first-order chi connectivity index (χ1) is 9.86. The fraction of sp³-hybridized carbons (Fsp3) is 0.400. The van der Waals surface area contributed by atoms with E-state index in [4.69, 9.17) is 5.11 Å². The summed E-state index contributed by atoms with van der Waals surface area (Å²) in [6, 6.07) is 4.84. The summed E-state index contributed by atoms with van der Waals surface area (Å²) < 4.78 is 27.1. The third-order valence-corrected chi connectivity index (χ3v) is 4.60. The smallest absolute Gasteiger partial charge is 0.328 e. The van der Waals surface area contributed by atoms with Gasteiger partial charge in [0.05, 0.1) is 4.90 Å². The second-order valence-electron chi connectivity index (χ2n) is 4.80. The molecule has 0 spiro atoms. The van der Waals surface area contributed by atoms with Crippen LogP contribution in [0, 0.1) is 6.92 Å². The van der Waals surface area contributed by atoms with Crippen molar-refractivity contribution in [1.29, 1.82) is 0 Å². The van der Waals surface area contributed by atoms with Crippen LogP contribution in [0.5, 0.6) is 0 Å².